The van der Waals surface area contributed by atoms with Crippen LogP contribution in [0.25, 0.3) is 0 Å². The maximum Gasteiger partial charge on any atom is 0.342 e. The SMILES string of the molecule is COc1c(C)c2c(c(OC(C)=O)c1C/C=C(\C)CCC(=O)O)C(=O)OC2. The minimum absolute atomic E-state index is 0.0335. The normalized spacial score (nSPS) is 13.2. The van der Waals surface area contributed by atoms with Crippen molar-refractivity contribution in [2.45, 2.75) is 46.6 Å². The number of aliphatic carboxylic acids is 1. The van der Waals surface area contributed by atoms with Gasteiger partial charge in [-0.05, 0) is 32.3 Å². The van der Waals surface area contributed by atoms with Crippen molar-refractivity contribution < 1.29 is 33.7 Å². The number of carboxylic acid groups (broad SMARTS) is 1. The summed E-state index contributed by atoms with van der Waals surface area (Å²) in [7, 11) is 1.51. The van der Waals surface area contributed by atoms with Crippen molar-refractivity contribution in [3.05, 3.63) is 33.9 Å². The fourth-order valence-electron chi connectivity index (χ4n) is 2.95. The number of hydrogen-bond donors (Lipinski definition) is 1. The zero-order chi connectivity index (χ0) is 19.4. The molecular weight excluding hydrogens is 340 g/mol. The third kappa shape index (κ3) is 4.04. The van der Waals surface area contributed by atoms with Crippen molar-refractivity contribution in [3.8, 4) is 11.5 Å². The lowest BCUT2D eigenvalue weighted by Gasteiger charge is -2.18. The molecule has 0 aliphatic carbocycles. The molecule has 0 saturated heterocycles. The molecule has 0 amide bonds. The molecule has 7 heteroatoms. The summed E-state index contributed by atoms with van der Waals surface area (Å²) in [5, 5.41) is 8.79. The zero-order valence-electron chi connectivity index (χ0n) is 15.3. The second-order valence-electron chi connectivity index (χ2n) is 6.14. The fraction of sp³-hybridized carbons (Fsp3) is 0.421. The number of fused-ring (bicyclic) bond motifs is 1. The molecular formula is C19H22O7. The summed E-state index contributed by atoms with van der Waals surface area (Å²) in [5.74, 6) is -1.27. The van der Waals surface area contributed by atoms with E-state index in [0.29, 0.717) is 29.7 Å². The average molecular weight is 362 g/mol. The molecule has 2 rings (SSSR count). The summed E-state index contributed by atoms with van der Waals surface area (Å²) in [6.45, 7) is 5.02. The number of benzene rings is 1. The van der Waals surface area contributed by atoms with Gasteiger partial charge in [-0.25, -0.2) is 4.79 Å². The van der Waals surface area contributed by atoms with Gasteiger partial charge in [0.05, 0.1) is 7.11 Å². The van der Waals surface area contributed by atoms with Crippen molar-refractivity contribution in [2.75, 3.05) is 7.11 Å². The third-order valence-corrected chi connectivity index (χ3v) is 4.26. The quantitative estimate of drug-likeness (QED) is 0.452. The van der Waals surface area contributed by atoms with Gasteiger partial charge in [-0.2, -0.15) is 0 Å². The third-order valence-electron chi connectivity index (χ3n) is 4.26. The Balaban J connectivity index is 2.52. The number of ether oxygens (including phenoxy) is 3. The van der Waals surface area contributed by atoms with E-state index in [-0.39, 0.29) is 24.3 Å². The van der Waals surface area contributed by atoms with Crippen LogP contribution in [-0.2, 0) is 27.4 Å². The highest BCUT2D eigenvalue weighted by atomic mass is 16.6. The molecule has 1 aliphatic heterocycles. The summed E-state index contributed by atoms with van der Waals surface area (Å²) in [6.07, 6.45) is 2.62. The first-order valence-corrected chi connectivity index (χ1v) is 8.21. The predicted octanol–water partition coefficient (Wildman–Crippen LogP) is 2.95. The molecule has 26 heavy (non-hydrogen) atoms. The molecule has 0 unspecified atom stereocenters. The van der Waals surface area contributed by atoms with Gasteiger partial charge < -0.3 is 19.3 Å². The van der Waals surface area contributed by atoms with Crippen LogP contribution in [0.4, 0.5) is 0 Å². The van der Waals surface area contributed by atoms with Gasteiger partial charge in [0.25, 0.3) is 0 Å². The van der Waals surface area contributed by atoms with Crippen molar-refractivity contribution in [1.82, 2.24) is 0 Å². The Morgan fingerprint density at radius 2 is 1.92 bits per heavy atom. The van der Waals surface area contributed by atoms with Gasteiger partial charge in [0.2, 0.25) is 0 Å². The number of allylic oxidation sites excluding steroid dienone is 2. The first-order chi connectivity index (χ1) is 12.3. The van der Waals surface area contributed by atoms with E-state index < -0.39 is 17.9 Å². The lowest BCUT2D eigenvalue weighted by molar-refractivity contribution is -0.137. The molecule has 1 aromatic rings. The van der Waals surface area contributed by atoms with Gasteiger partial charge in [0.15, 0.2) is 5.75 Å². The number of carboxylic acids is 1. The van der Waals surface area contributed by atoms with Gasteiger partial charge in [-0.1, -0.05) is 11.6 Å². The number of esters is 2. The molecule has 0 radical (unpaired) electrons. The van der Waals surface area contributed by atoms with Crippen LogP contribution in [0.3, 0.4) is 0 Å². The largest absolute Gasteiger partial charge is 0.496 e. The van der Waals surface area contributed by atoms with Crippen LogP contribution in [-0.4, -0.2) is 30.1 Å². The van der Waals surface area contributed by atoms with E-state index in [1.165, 1.54) is 14.0 Å². The van der Waals surface area contributed by atoms with Gasteiger partial charge in [-0.3, -0.25) is 9.59 Å². The standard InChI is InChI=1S/C19H22O7/c1-10(6-8-15(21)22)5-7-13-17(24-4)11(2)14-9-25-19(23)16(14)18(13)26-12(3)20/h5H,6-9H2,1-4H3,(H,21,22)/b10-5+. The number of cyclic esters (lactones) is 1. The van der Waals surface area contributed by atoms with Crippen LogP contribution in [0.1, 0.15) is 53.7 Å². The predicted molar refractivity (Wildman–Crippen MR) is 92.5 cm³/mol. The molecule has 0 fully saturated rings. The molecule has 0 aromatic heterocycles. The molecule has 0 saturated carbocycles. The van der Waals surface area contributed by atoms with Crippen LogP contribution < -0.4 is 9.47 Å². The summed E-state index contributed by atoms with van der Waals surface area (Å²) < 4.78 is 16.0. The molecule has 1 aliphatic rings. The molecule has 0 spiro atoms. The van der Waals surface area contributed by atoms with E-state index in [2.05, 4.69) is 0 Å². The van der Waals surface area contributed by atoms with Crippen molar-refractivity contribution in [2.24, 2.45) is 0 Å². The first kappa shape index (κ1) is 19.5. The molecule has 1 heterocycles. The average Bonchev–Trinajstić information content (AvgIpc) is 2.95. The second kappa shape index (κ2) is 8.03. The summed E-state index contributed by atoms with van der Waals surface area (Å²) in [6, 6.07) is 0. The van der Waals surface area contributed by atoms with E-state index in [1.807, 2.05) is 19.9 Å². The number of methoxy groups -OCH3 is 1. The highest BCUT2D eigenvalue weighted by Gasteiger charge is 2.33. The van der Waals surface area contributed by atoms with Gasteiger partial charge in [0, 0.05) is 24.5 Å². The van der Waals surface area contributed by atoms with Crippen LogP contribution in [0.5, 0.6) is 11.5 Å². The van der Waals surface area contributed by atoms with E-state index >= 15 is 0 Å². The Labute approximate surface area is 151 Å². The van der Waals surface area contributed by atoms with Gasteiger partial charge >= 0.3 is 17.9 Å². The first-order valence-electron chi connectivity index (χ1n) is 8.21. The molecule has 7 nitrogen and oxygen atoms in total. The van der Waals surface area contributed by atoms with E-state index in [0.717, 1.165) is 11.1 Å². The lowest BCUT2D eigenvalue weighted by Crippen LogP contribution is -2.11. The second-order valence-corrected chi connectivity index (χ2v) is 6.14. The highest BCUT2D eigenvalue weighted by molar-refractivity contribution is 5.99. The lowest BCUT2D eigenvalue weighted by atomic mass is 9.94. The van der Waals surface area contributed by atoms with Crippen LogP contribution in [0.2, 0.25) is 0 Å². The molecule has 1 N–H and O–H groups in total. The molecule has 0 atom stereocenters. The Bertz CT molecular complexity index is 790. The minimum Gasteiger partial charge on any atom is -0.496 e. The molecule has 1 aromatic carbocycles. The maximum atomic E-state index is 12.2. The van der Waals surface area contributed by atoms with Crippen molar-refractivity contribution in [1.29, 1.82) is 0 Å². The number of rotatable bonds is 7. The van der Waals surface area contributed by atoms with Crippen LogP contribution in [0.15, 0.2) is 11.6 Å². The van der Waals surface area contributed by atoms with E-state index in [4.69, 9.17) is 19.3 Å². The topological polar surface area (TPSA) is 99.1 Å². The summed E-state index contributed by atoms with van der Waals surface area (Å²) in [5.41, 5.74) is 3.11. The number of hydrogen-bond acceptors (Lipinski definition) is 6. The zero-order valence-corrected chi connectivity index (χ0v) is 15.3. The molecule has 0 bridgehead atoms. The van der Waals surface area contributed by atoms with E-state index in [9.17, 15) is 14.4 Å². The summed E-state index contributed by atoms with van der Waals surface area (Å²) in [4.78, 5) is 34.4. The van der Waals surface area contributed by atoms with Crippen molar-refractivity contribution in [3.63, 3.8) is 0 Å². The van der Waals surface area contributed by atoms with Crippen molar-refractivity contribution >= 4 is 17.9 Å². The summed E-state index contributed by atoms with van der Waals surface area (Å²) >= 11 is 0. The number of carbonyl (C=O) groups excluding carboxylic acids is 2. The monoisotopic (exact) mass is 362 g/mol. The smallest absolute Gasteiger partial charge is 0.342 e. The Kier molecular flexibility index (Phi) is 6.02. The molecule has 140 valence electrons. The van der Waals surface area contributed by atoms with Crippen LogP contribution in [0, 0.1) is 6.92 Å². The maximum absolute atomic E-state index is 12.2. The minimum atomic E-state index is -0.868. The van der Waals surface area contributed by atoms with Gasteiger partial charge in [0.1, 0.15) is 17.9 Å². The van der Waals surface area contributed by atoms with Gasteiger partial charge in [-0.15, -0.1) is 0 Å². The fourth-order valence-corrected chi connectivity index (χ4v) is 2.95. The Morgan fingerprint density at radius 1 is 1.23 bits per heavy atom. The van der Waals surface area contributed by atoms with E-state index in [1.54, 1.807) is 0 Å². The highest BCUT2D eigenvalue weighted by Crippen LogP contribution is 2.42. The Hall–Kier alpha value is -2.83. The number of carbonyl (C=O) groups is 3. The van der Waals surface area contributed by atoms with Crippen LogP contribution >= 0.6 is 0 Å². The Morgan fingerprint density at radius 3 is 2.50 bits per heavy atom.